The lowest BCUT2D eigenvalue weighted by Gasteiger charge is -2.24. The predicted molar refractivity (Wildman–Crippen MR) is 108 cm³/mol. The van der Waals surface area contributed by atoms with Crippen LogP contribution in [0.15, 0.2) is 29.4 Å². The molecule has 150 valence electrons. The molecule has 3 amide bonds. The van der Waals surface area contributed by atoms with E-state index < -0.39 is 6.03 Å². The first kappa shape index (κ1) is 20.2. The van der Waals surface area contributed by atoms with E-state index in [1.54, 1.807) is 31.4 Å². The fraction of sp³-hybridized carbons (Fsp3) is 0.474. The minimum atomic E-state index is -0.569. The smallest absolute Gasteiger partial charge is 0.325 e. The fourth-order valence-corrected chi connectivity index (χ4v) is 4.19. The average molecular weight is 404 g/mol. The van der Waals surface area contributed by atoms with Crippen LogP contribution in [-0.4, -0.2) is 39.6 Å². The van der Waals surface area contributed by atoms with E-state index in [0.717, 1.165) is 23.8 Å². The molecule has 0 atom stereocenters. The van der Waals surface area contributed by atoms with Gasteiger partial charge in [-0.15, -0.1) is 10.2 Å². The Labute approximate surface area is 168 Å². The van der Waals surface area contributed by atoms with Crippen LogP contribution in [0, 0.1) is 6.92 Å². The van der Waals surface area contributed by atoms with Crippen molar-refractivity contribution in [1.82, 2.24) is 20.1 Å². The molecular formula is C19H25N5O3S. The highest BCUT2D eigenvalue weighted by atomic mass is 32.2. The maximum absolute atomic E-state index is 12.1. The molecule has 1 aliphatic rings. The Balaban J connectivity index is 1.50. The van der Waals surface area contributed by atoms with E-state index in [0.29, 0.717) is 17.5 Å². The fourth-order valence-electron chi connectivity index (χ4n) is 3.34. The number of methoxy groups -OCH3 is 1. The van der Waals surface area contributed by atoms with Crippen LogP contribution in [0.4, 0.5) is 10.5 Å². The molecule has 9 heteroatoms. The number of carbonyl (C=O) groups excluding carboxylic acids is 2. The number of amides is 3. The van der Waals surface area contributed by atoms with Gasteiger partial charge in [-0.3, -0.25) is 10.1 Å². The largest absolute Gasteiger partial charge is 0.497 e. The summed E-state index contributed by atoms with van der Waals surface area (Å²) in [6, 6.07) is 6.69. The van der Waals surface area contributed by atoms with Crippen molar-refractivity contribution in [3.8, 4) is 5.75 Å². The van der Waals surface area contributed by atoms with Crippen LogP contribution in [0.2, 0.25) is 0 Å². The van der Waals surface area contributed by atoms with Crippen molar-refractivity contribution in [3.63, 3.8) is 0 Å². The number of urea groups is 1. The van der Waals surface area contributed by atoms with Crippen LogP contribution in [0.3, 0.4) is 0 Å². The van der Waals surface area contributed by atoms with Gasteiger partial charge in [0, 0.05) is 11.7 Å². The summed E-state index contributed by atoms with van der Waals surface area (Å²) in [5, 5.41) is 14.1. The summed E-state index contributed by atoms with van der Waals surface area (Å²) in [6.07, 6.45) is 5.91. The van der Waals surface area contributed by atoms with Crippen LogP contribution in [-0.2, 0) is 4.79 Å². The minimum absolute atomic E-state index is 0.0981. The second-order valence-corrected chi connectivity index (χ2v) is 7.65. The molecule has 1 aliphatic carbocycles. The summed E-state index contributed by atoms with van der Waals surface area (Å²) < 4.78 is 7.20. The van der Waals surface area contributed by atoms with E-state index in [1.807, 2.05) is 6.92 Å². The van der Waals surface area contributed by atoms with Crippen LogP contribution in [0.5, 0.6) is 5.75 Å². The van der Waals surface area contributed by atoms with Crippen molar-refractivity contribution in [2.75, 3.05) is 18.2 Å². The molecule has 0 aliphatic heterocycles. The second-order valence-electron chi connectivity index (χ2n) is 6.71. The maximum atomic E-state index is 12.1. The quantitative estimate of drug-likeness (QED) is 0.716. The molecule has 28 heavy (non-hydrogen) atoms. The number of imide groups is 1. The predicted octanol–water partition coefficient (Wildman–Crippen LogP) is 3.54. The average Bonchev–Trinajstić information content (AvgIpc) is 3.08. The lowest BCUT2D eigenvalue weighted by molar-refractivity contribution is -0.117. The van der Waals surface area contributed by atoms with Crippen molar-refractivity contribution in [2.45, 2.75) is 50.2 Å². The molecule has 3 rings (SSSR count). The summed E-state index contributed by atoms with van der Waals surface area (Å²) >= 11 is 1.30. The molecule has 1 fully saturated rings. The molecule has 1 heterocycles. The first-order valence-corrected chi connectivity index (χ1v) is 10.3. The van der Waals surface area contributed by atoms with Gasteiger partial charge in [-0.1, -0.05) is 31.0 Å². The van der Waals surface area contributed by atoms with E-state index in [1.165, 1.54) is 31.0 Å². The normalized spacial score (nSPS) is 14.5. The lowest BCUT2D eigenvalue weighted by atomic mass is 9.95. The summed E-state index contributed by atoms with van der Waals surface area (Å²) in [6.45, 7) is 1.94. The summed E-state index contributed by atoms with van der Waals surface area (Å²) in [7, 11) is 1.57. The zero-order valence-corrected chi connectivity index (χ0v) is 16.9. The van der Waals surface area contributed by atoms with Crippen molar-refractivity contribution in [1.29, 1.82) is 0 Å². The van der Waals surface area contributed by atoms with Crippen LogP contribution >= 0.6 is 11.8 Å². The number of rotatable bonds is 6. The Hall–Kier alpha value is -2.55. The molecule has 2 N–H and O–H groups in total. The number of ether oxygens (including phenoxy) is 1. The Morgan fingerprint density at radius 3 is 2.57 bits per heavy atom. The highest BCUT2D eigenvalue weighted by Crippen LogP contribution is 2.32. The van der Waals surface area contributed by atoms with Gasteiger partial charge in [0.25, 0.3) is 0 Å². The number of nitrogens with zero attached hydrogens (tertiary/aromatic N) is 3. The van der Waals surface area contributed by atoms with E-state index in [2.05, 4.69) is 25.4 Å². The van der Waals surface area contributed by atoms with Gasteiger partial charge in [0.1, 0.15) is 11.6 Å². The molecule has 8 nitrogen and oxygen atoms in total. The monoisotopic (exact) mass is 403 g/mol. The minimum Gasteiger partial charge on any atom is -0.497 e. The topological polar surface area (TPSA) is 98.1 Å². The Kier molecular flexibility index (Phi) is 6.91. The molecule has 0 bridgehead atoms. The molecule has 2 aromatic rings. The van der Waals surface area contributed by atoms with Gasteiger partial charge < -0.3 is 14.6 Å². The summed E-state index contributed by atoms with van der Waals surface area (Å²) in [5.41, 5.74) is 0.575. The standard InChI is InChI=1S/C19H25N5O3S/c1-13-22-23-19(24(13)15-6-4-3-5-7-15)28-12-17(25)21-18(26)20-14-8-10-16(27-2)11-9-14/h8-11,15H,3-7,12H2,1-2H3,(H2,20,21,25,26). The number of aryl methyl sites for hydroxylation is 1. The van der Waals surface area contributed by atoms with E-state index in [4.69, 9.17) is 4.74 Å². The van der Waals surface area contributed by atoms with Crippen molar-refractivity contribution in [3.05, 3.63) is 30.1 Å². The van der Waals surface area contributed by atoms with E-state index in [9.17, 15) is 9.59 Å². The van der Waals surface area contributed by atoms with Gasteiger partial charge in [-0.05, 0) is 44.0 Å². The van der Waals surface area contributed by atoms with E-state index in [-0.39, 0.29) is 11.7 Å². The van der Waals surface area contributed by atoms with Crippen molar-refractivity contribution >= 4 is 29.4 Å². The Morgan fingerprint density at radius 2 is 1.89 bits per heavy atom. The van der Waals surface area contributed by atoms with Crippen LogP contribution < -0.4 is 15.4 Å². The molecule has 0 saturated heterocycles. The summed E-state index contributed by atoms with van der Waals surface area (Å²) in [5.74, 6) is 1.27. The third-order valence-corrected chi connectivity index (χ3v) is 5.65. The van der Waals surface area contributed by atoms with Gasteiger partial charge in [-0.25, -0.2) is 4.79 Å². The number of hydrogen-bond acceptors (Lipinski definition) is 6. The molecule has 1 saturated carbocycles. The highest BCUT2D eigenvalue weighted by molar-refractivity contribution is 7.99. The highest BCUT2D eigenvalue weighted by Gasteiger charge is 2.22. The number of anilines is 1. The third kappa shape index (κ3) is 5.25. The summed E-state index contributed by atoms with van der Waals surface area (Å²) in [4.78, 5) is 24.1. The molecule has 1 aromatic carbocycles. The third-order valence-electron chi connectivity index (χ3n) is 4.71. The lowest BCUT2D eigenvalue weighted by Crippen LogP contribution is -2.35. The van der Waals surface area contributed by atoms with Gasteiger partial charge >= 0.3 is 6.03 Å². The van der Waals surface area contributed by atoms with Crippen molar-refractivity contribution < 1.29 is 14.3 Å². The van der Waals surface area contributed by atoms with Crippen molar-refractivity contribution in [2.24, 2.45) is 0 Å². The van der Waals surface area contributed by atoms with Gasteiger partial charge in [0.05, 0.1) is 12.9 Å². The molecular weight excluding hydrogens is 378 g/mol. The molecule has 0 spiro atoms. The van der Waals surface area contributed by atoms with Crippen LogP contribution in [0.25, 0.3) is 0 Å². The number of benzene rings is 1. The number of nitrogens with one attached hydrogen (secondary N) is 2. The number of thioether (sulfide) groups is 1. The SMILES string of the molecule is COc1ccc(NC(=O)NC(=O)CSc2nnc(C)n2C2CCCCC2)cc1. The van der Waals surface area contributed by atoms with Crippen LogP contribution in [0.1, 0.15) is 44.0 Å². The van der Waals surface area contributed by atoms with Gasteiger partial charge in [0.2, 0.25) is 5.91 Å². The molecule has 0 radical (unpaired) electrons. The number of carbonyl (C=O) groups is 2. The maximum Gasteiger partial charge on any atom is 0.325 e. The number of aromatic nitrogens is 3. The zero-order chi connectivity index (χ0) is 19.9. The first-order valence-electron chi connectivity index (χ1n) is 9.36. The molecule has 1 aromatic heterocycles. The van der Waals surface area contributed by atoms with Gasteiger partial charge in [0.15, 0.2) is 5.16 Å². The van der Waals surface area contributed by atoms with Gasteiger partial charge in [-0.2, -0.15) is 0 Å². The molecule has 0 unspecified atom stereocenters. The Bertz CT molecular complexity index is 815. The Morgan fingerprint density at radius 1 is 1.18 bits per heavy atom. The first-order chi connectivity index (χ1) is 13.6. The number of hydrogen-bond donors (Lipinski definition) is 2. The zero-order valence-electron chi connectivity index (χ0n) is 16.1. The second kappa shape index (κ2) is 9.59. The van der Waals surface area contributed by atoms with E-state index >= 15 is 0 Å².